The minimum Gasteiger partial charge on any atom is -0.496 e. The van der Waals surface area contributed by atoms with Crippen molar-refractivity contribution in [3.05, 3.63) is 144 Å². The second kappa shape index (κ2) is 30.6. The van der Waals surface area contributed by atoms with Crippen LogP contribution in [0.15, 0.2) is 120 Å². The molecule has 0 aliphatic rings. The maximum Gasteiger partial charge on any atom is 0.343 e. The normalized spacial score (nSPS) is 10.2. The van der Waals surface area contributed by atoms with E-state index >= 15 is 0 Å². The molecular weight excluding hydrogens is 801 g/mol. The Morgan fingerprint density at radius 2 is 1.24 bits per heavy atom. The smallest absolute Gasteiger partial charge is 0.343 e. The number of carbonyl (C=O) groups excluding carboxylic acids is 6. The van der Waals surface area contributed by atoms with Crippen LogP contribution in [0.4, 0.5) is 0 Å². The van der Waals surface area contributed by atoms with Crippen molar-refractivity contribution < 1.29 is 61.9 Å². The highest BCUT2D eigenvalue weighted by molar-refractivity contribution is 5.95. The van der Waals surface area contributed by atoms with E-state index in [0.29, 0.717) is 48.5 Å². The third-order valence-corrected chi connectivity index (χ3v) is 7.62. The van der Waals surface area contributed by atoms with Gasteiger partial charge in [-0.15, -0.1) is 0 Å². The van der Waals surface area contributed by atoms with Crippen molar-refractivity contribution in [2.24, 2.45) is 10.2 Å². The topological polar surface area (TPSA) is 192 Å². The molecule has 0 saturated heterocycles. The SMILES string of the molecule is C=CC(=O)OCCOC.C=Cc1ccc(C=O)cc1.CCCOCCOC(=O)c1cc(OC(=O)c2ccc(/C=N/N=C/c3ccc(OC(=O)CCC=O)cc3)cc2)ccc1OC. The summed E-state index contributed by atoms with van der Waals surface area (Å²) in [6, 6.07) is 24.9. The van der Waals surface area contributed by atoms with Gasteiger partial charge in [0.15, 0.2) is 0 Å². The van der Waals surface area contributed by atoms with Crippen LogP contribution in [-0.4, -0.2) is 96.1 Å². The van der Waals surface area contributed by atoms with E-state index in [-0.39, 0.29) is 43.1 Å². The van der Waals surface area contributed by atoms with E-state index in [1.807, 2.05) is 19.1 Å². The van der Waals surface area contributed by atoms with Gasteiger partial charge in [0.05, 0.1) is 44.7 Å². The number of aldehydes is 2. The van der Waals surface area contributed by atoms with Gasteiger partial charge in [-0.1, -0.05) is 62.6 Å². The molecule has 4 aromatic rings. The maximum atomic E-state index is 12.7. The molecule has 0 spiro atoms. The van der Waals surface area contributed by atoms with E-state index in [9.17, 15) is 28.8 Å². The van der Waals surface area contributed by atoms with Crippen molar-refractivity contribution in [1.82, 2.24) is 0 Å². The Bertz CT molecular complexity index is 2070. The summed E-state index contributed by atoms with van der Waals surface area (Å²) in [5.74, 6) is -1.31. The van der Waals surface area contributed by atoms with Gasteiger partial charge in [0, 0.05) is 31.8 Å². The number of esters is 4. The van der Waals surface area contributed by atoms with Crippen molar-refractivity contribution in [2.45, 2.75) is 26.2 Å². The van der Waals surface area contributed by atoms with Gasteiger partial charge >= 0.3 is 23.9 Å². The number of benzene rings is 4. The molecule has 15 nitrogen and oxygen atoms in total. The third kappa shape index (κ3) is 20.6. The Morgan fingerprint density at radius 3 is 1.81 bits per heavy atom. The maximum absolute atomic E-state index is 12.7. The minimum absolute atomic E-state index is 0.0290. The predicted molar refractivity (Wildman–Crippen MR) is 233 cm³/mol. The summed E-state index contributed by atoms with van der Waals surface area (Å²) < 4.78 is 35.6. The molecule has 15 heteroatoms. The highest BCUT2D eigenvalue weighted by Gasteiger charge is 2.17. The zero-order valence-corrected chi connectivity index (χ0v) is 34.9. The molecule has 326 valence electrons. The van der Waals surface area contributed by atoms with Crippen LogP contribution in [0.3, 0.4) is 0 Å². The summed E-state index contributed by atoms with van der Waals surface area (Å²) in [6.07, 6.45) is 8.42. The standard InChI is InChI=1S/C32H32N2O9.C9H8O.C6H10O3/c1-3-17-40-18-19-41-32(38)28-20-27(14-15-29(28)39-2)43-31(37)25-10-6-23(7-11-25)21-33-34-22-24-8-12-26(13-9-24)42-30(36)5-4-16-35;1-2-8-3-5-9(7-10)6-4-8;1-3-6(7)9-5-4-8-2/h6-16,20-22H,3-5,17-19H2,1-2H3;2-7H,1H2;3H,1,4-5H2,2H3/b33-21+,34-22+;;. The Balaban J connectivity index is 0.000000569. The number of methoxy groups -OCH3 is 2. The summed E-state index contributed by atoms with van der Waals surface area (Å²) in [4.78, 5) is 67.6. The van der Waals surface area contributed by atoms with Crippen LogP contribution in [-0.2, 0) is 33.3 Å². The molecule has 0 aliphatic carbocycles. The van der Waals surface area contributed by atoms with Crippen LogP contribution in [0.1, 0.15) is 74.0 Å². The van der Waals surface area contributed by atoms with Crippen LogP contribution in [0.25, 0.3) is 6.08 Å². The number of ether oxygens (including phenoxy) is 7. The van der Waals surface area contributed by atoms with Crippen LogP contribution < -0.4 is 14.2 Å². The van der Waals surface area contributed by atoms with Crippen molar-refractivity contribution >= 4 is 55.0 Å². The van der Waals surface area contributed by atoms with Gasteiger partial charge in [0.25, 0.3) is 0 Å². The highest BCUT2D eigenvalue weighted by Crippen LogP contribution is 2.26. The quantitative estimate of drug-likeness (QED) is 0.0145. The fourth-order valence-electron chi connectivity index (χ4n) is 4.48. The number of hydrogen-bond donors (Lipinski definition) is 0. The predicted octanol–water partition coefficient (Wildman–Crippen LogP) is 7.34. The summed E-state index contributed by atoms with van der Waals surface area (Å²) in [5.41, 5.74) is 3.58. The van der Waals surface area contributed by atoms with Crippen molar-refractivity contribution in [2.75, 3.05) is 47.3 Å². The lowest BCUT2D eigenvalue weighted by Crippen LogP contribution is -2.13. The third-order valence-electron chi connectivity index (χ3n) is 7.62. The average Bonchev–Trinajstić information content (AvgIpc) is 3.30. The molecule has 4 aromatic carbocycles. The summed E-state index contributed by atoms with van der Waals surface area (Å²) in [5, 5.41) is 8.01. The Morgan fingerprint density at radius 1 is 0.645 bits per heavy atom. The van der Waals surface area contributed by atoms with Gasteiger partial charge in [-0.25, -0.2) is 14.4 Å². The van der Waals surface area contributed by atoms with Crippen molar-refractivity contribution in [3.63, 3.8) is 0 Å². The van der Waals surface area contributed by atoms with E-state index in [0.717, 1.165) is 29.9 Å². The zero-order valence-electron chi connectivity index (χ0n) is 34.9. The number of nitrogens with zero attached hydrogens (tertiary/aromatic N) is 2. The minimum atomic E-state index is -0.619. The van der Waals surface area contributed by atoms with E-state index in [4.69, 9.17) is 23.7 Å². The number of hydrogen-bond acceptors (Lipinski definition) is 15. The van der Waals surface area contributed by atoms with Gasteiger partial charge in [-0.3, -0.25) is 9.59 Å². The van der Waals surface area contributed by atoms with E-state index < -0.39 is 23.9 Å². The van der Waals surface area contributed by atoms with Gasteiger partial charge in [-0.2, -0.15) is 10.2 Å². The Kier molecular flexibility index (Phi) is 25.1. The first-order valence-electron chi connectivity index (χ1n) is 19.1. The van der Waals surface area contributed by atoms with Crippen LogP contribution in [0.5, 0.6) is 17.2 Å². The van der Waals surface area contributed by atoms with Gasteiger partial charge in [0.1, 0.15) is 48.6 Å². The molecule has 0 amide bonds. The molecular formula is C47H50N2O13. The molecule has 0 radical (unpaired) electrons. The first kappa shape index (κ1) is 50.8. The van der Waals surface area contributed by atoms with E-state index in [1.54, 1.807) is 73.8 Å². The fourth-order valence-corrected chi connectivity index (χ4v) is 4.48. The average molecular weight is 851 g/mol. The molecule has 62 heavy (non-hydrogen) atoms. The van der Waals surface area contributed by atoms with Gasteiger partial charge < -0.3 is 38.0 Å². The highest BCUT2D eigenvalue weighted by atomic mass is 16.6. The molecule has 0 aromatic heterocycles. The van der Waals surface area contributed by atoms with Crippen molar-refractivity contribution in [1.29, 1.82) is 0 Å². The van der Waals surface area contributed by atoms with Crippen LogP contribution in [0.2, 0.25) is 0 Å². The van der Waals surface area contributed by atoms with Crippen LogP contribution in [0, 0.1) is 0 Å². The molecule has 0 bridgehead atoms. The second-order valence-corrected chi connectivity index (χ2v) is 12.2. The lowest BCUT2D eigenvalue weighted by atomic mass is 10.1. The first-order chi connectivity index (χ1) is 30.1. The monoisotopic (exact) mass is 850 g/mol. The van der Waals surface area contributed by atoms with Gasteiger partial charge in [0.2, 0.25) is 0 Å². The molecule has 0 saturated carbocycles. The summed E-state index contributed by atoms with van der Waals surface area (Å²) in [7, 11) is 2.97. The Hall–Kier alpha value is -7.36. The zero-order chi connectivity index (χ0) is 45.4. The summed E-state index contributed by atoms with van der Waals surface area (Å²) in [6.45, 7) is 10.5. The van der Waals surface area contributed by atoms with E-state index in [2.05, 4.69) is 32.8 Å². The van der Waals surface area contributed by atoms with Gasteiger partial charge in [-0.05, 0) is 77.7 Å². The number of carbonyl (C=O) groups is 6. The molecule has 0 atom stereocenters. The lowest BCUT2D eigenvalue weighted by molar-refractivity contribution is -0.139. The molecule has 0 unspecified atom stereocenters. The Labute approximate surface area is 360 Å². The molecule has 0 aliphatic heterocycles. The van der Waals surface area contributed by atoms with Crippen molar-refractivity contribution in [3.8, 4) is 17.2 Å². The fraction of sp³-hybridized carbons (Fsp3) is 0.234. The molecule has 4 rings (SSSR count). The molecule has 0 heterocycles. The molecule has 0 N–H and O–H groups in total. The summed E-state index contributed by atoms with van der Waals surface area (Å²) >= 11 is 0. The number of rotatable bonds is 22. The second-order valence-electron chi connectivity index (χ2n) is 12.2. The first-order valence-corrected chi connectivity index (χ1v) is 19.1. The lowest BCUT2D eigenvalue weighted by Gasteiger charge is -2.11. The molecule has 0 fully saturated rings. The van der Waals surface area contributed by atoms with Crippen LogP contribution >= 0.6 is 0 Å². The largest absolute Gasteiger partial charge is 0.496 e. The van der Waals surface area contributed by atoms with E-state index in [1.165, 1.54) is 37.7 Å².